The lowest BCUT2D eigenvalue weighted by Crippen LogP contribution is -2.58. The second kappa shape index (κ2) is 12.1. The van der Waals surface area contributed by atoms with E-state index in [-0.39, 0.29) is 24.7 Å². The molecule has 1 fully saturated rings. The first-order chi connectivity index (χ1) is 15.9. The van der Waals surface area contributed by atoms with Crippen molar-refractivity contribution < 1.29 is 28.6 Å². The standard InChI is InChI=1S/C24H37FN4O5/c1-16(2)12-14-28(23(33)34-24(3,4)5)22(32)29(19-11-8-13-26-15-20(19)30)21(31)27-18-10-7-6-9-17(18)25/h6-7,9-10,16,19-20,26,30H,8,11-15H2,1-5H3,(H,27,31). The Morgan fingerprint density at radius 2 is 1.94 bits per heavy atom. The number of aliphatic hydroxyl groups excluding tert-OH is 1. The van der Waals surface area contributed by atoms with Crippen LogP contribution in [0.15, 0.2) is 24.3 Å². The molecule has 1 aromatic rings. The number of ether oxygens (including phenoxy) is 1. The maximum absolute atomic E-state index is 14.2. The predicted molar refractivity (Wildman–Crippen MR) is 127 cm³/mol. The van der Waals surface area contributed by atoms with E-state index >= 15 is 0 Å². The predicted octanol–water partition coefficient (Wildman–Crippen LogP) is 4.18. The number of anilines is 1. The number of β-amino-alcohol motifs (C(OH)–C–C–N with tert-alkyl or cyclic N) is 1. The van der Waals surface area contributed by atoms with Crippen LogP contribution < -0.4 is 10.6 Å². The maximum Gasteiger partial charge on any atom is 0.418 e. The molecule has 0 aromatic heterocycles. The first-order valence-corrected chi connectivity index (χ1v) is 11.7. The van der Waals surface area contributed by atoms with Crippen LogP contribution in [0.3, 0.4) is 0 Å². The van der Waals surface area contributed by atoms with Gasteiger partial charge in [-0.3, -0.25) is 0 Å². The largest absolute Gasteiger partial charge is 0.443 e. The molecule has 0 spiro atoms. The van der Waals surface area contributed by atoms with E-state index in [0.717, 1.165) is 9.80 Å². The van der Waals surface area contributed by atoms with Crippen molar-refractivity contribution in [2.45, 2.75) is 71.6 Å². The van der Waals surface area contributed by atoms with Gasteiger partial charge in [-0.1, -0.05) is 26.0 Å². The highest BCUT2D eigenvalue weighted by atomic mass is 19.1. The van der Waals surface area contributed by atoms with E-state index in [0.29, 0.717) is 25.8 Å². The Morgan fingerprint density at radius 3 is 2.56 bits per heavy atom. The van der Waals surface area contributed by atoms with Gasteiger partial charge in [0.05, 0.1) is 17.8 Å². The van der Waals surface area contributed by atoms with Gasteiger partial charge in [0.15, 0.2) is 0 Å². The summed E-state index contributed by atoms with van der Waals surface area (Å²) in [5.41, 5.74) is -0.975. The highest BCUT2D eigenvalue weighted by molar-refractivity contribution is 6.04. The van der Waals surface area contributed by atoms with Crippen LogP contribution in [0.25, 0.3) is 0 Å². The smallest absolute Gasteiger partial charge is 0.418 e. The Bertz CT molecular complexity index is 858. The third-order valence-corrected chi connectivity index (χ3v) is 5.30. The number of aliphatic hydroxyl groups is 1. The number of nitrogens with one attached hydrogen (secondary N) is 2. The third kappa shape index (κ3) is 7.95. The van der Waals surface area contributed by atoms with Crippen molar-refractivity contribution in [2.75, 3.05) is 25.0 Å². The van der Waals surface area contributed by atoms with Crippen LogP contribution in [0.1, 0.15) is 53.9 Å². The second-order valence-electron chi connectivity index (χ2n) is 9.86. The molecular weight excluding hydrogens is 443 g/mol. The van der Waals surface area contributed by atoms with Gasteiger partial charge in [-0.25, -0.2) is 28.6 Å². The first-order valence-electron chi connectivity index (χ1n) is 11.7. The number of benzene rings is 1. The summed E-state index contributed by atoms with van der Waals surface area (Å²) in [6, 6.07) is 2.80. The van der Waals surface area contributed by atoms with Crippen molar-refractivity contribution in [1.29, 1.82) is 0 Å². The zero-order chi connectivity index (χ0) is 25.5. The zero-order valence-corrected chi connectivity index (χ0v) is 20.6. The molecule has 1 aliphatic rings. The van der Waals surface area contributed by atoms with E-state index < -0.39 is 41.7 Å². The molecule has 2 unspecified atom stereocenters. The first kappa shape index (κ1) is 27.5. The van der Waals surface area contributed by atoms with Crippen molar-refractivity contribution in [3.8, 4) is 0 Å². The number of urea groups is 2. The molecule has 1 heterocycles. The van der Waals surface area contributed by atoms with E-state index in [2.05, 4.69) is 10.6 Å². The highest BCUT2D eigenvalue weighted by Gasteiger charge is 2.40. The van der Waals surface area contributed by atoms with Gasteiger partial charge >= 0.3 is 18.2 Å². The van der Waals surface area contributed by atoms with E-state index in [1.165, 1.54) is 18.2 Å². The number of carbonyl (C=O) groups excluding carboxylic acids is 3. The minimum absolute atomic E-state index is 0.0238. The fourth-order valence-electron chi connectivity index (χ4n) is 3.53. The van der Waals surface area contributed by atoms with Crippen LogP contribution in [-0.2, 0) is 4.74 Å². The lowest BCUT2D eigenvalue weighted by atomic mass is 10.1. The Morgan fingerprint density at radius 1 is 1.26 bits per heavy atom. The second-order valence-corrected chi connectivity index (χ2v) is 9.86. The summed E-state index contributed by atoms with van der Waals surface area (Å²) in [7, 11) is 0. The highest BCUT2D eigenvalue weighted by Crippen LogP contribution is 2.22. The molecule has 190 valence electrons. The van der Waals surface area contributed by atoms with Gasteiger partial charge in [0.2, 0.25) is 0 Å². The number of hydrogen-bond donors (Lipinski definition) is 3. The molecule has 0 radical (unpaired) electrons. The van der Waals surface area contributed by atoms with Gasteiger partial charge in [-0.05, 0) is 64.6 Å². The maximum atomic E-state index is 14.2. The SMILES string of the molecule is CC(C)CCN(C(=O)OC(C)(C)C)C(=O)N(C(=O)Nc1ccccc1F)C1CCCNCC1O. The van der Waals surface area contributed by atoms with E-state index in [9.17, 15) is 23.9 Å². The molecule has 2 atom stereocenters. The number of amides is 5. The lowest BCUT2D eigenvalue weighted by Gasteiger charge is -2.36. The van der Waals surface area contributed by atoms with Crippen molar-refractivity contribution in [1.82, 2.24) is 15.1 Å². The fraction of sp³-hybridized carbons (Fsp3) is 0.625. The van der Waals surface area contributed by atoms with Crippen LogP contribution in [0.4, 0.5) is 24.5 Å². The molecule has 0 aliphatic carbocycles. The molecule has 1 aromatic carbocycles. The molecule has 10 heteroatoms. The van der Waals surface area contributed by atoms with Crippen molar-refractivity contribution in [3.63, 3.8) is 0 Å². The number of rotatable bonds is 5. The van der Waals surface area contributed by atoms with Crippen molar-refractivity contribution in [3.05, 3.63) is 30.1 Å². The van der Waals surface area contributed by atoms with Gasteiger partial charge in [-0.15, -0.1) is 0 Å². The quantitative estimate of drug-likeness (QED) is 0.583. The summed E-state index contributed by atoms with van der Waals surface area (Å²) < 4.78 is 19.7. The summed E-state index contributed by atoms with van der Waals surface area (Å²) in [4.78, 5) is 41.7. The Hall–Kier alpha value is -2.72. The minimum Gasteiger partial charge on any atom is -0.443 e. The number of imide groups is 2. The topological polar surface area (TPSA) is 111 Å². The third-order valence-electron chi connectivity index (χ3n) is 5.30. The van der Waals surface area contributed by atoms with E-state index in [4.69, 9.17) is 4.74 Å². The molecule has 1 saturated heterocycles. The van der Waals surface area contributed by atoms with Gasteiger partial charge in [-0.2, -0.15) is 0 Å². The number of nitrogens with zero attached hydrogens (tertiary/aromatic N) is 2. The van der Waals surface area contributed by atoms with Crippen LogP contribution in [0, 0.1) is 11.7 Å². The molecule has 34 heavy (non-hydrogen) atoms. The summed E-state index contributed by atoms with van der Waals surface area (Å²) in [6.45, 7) is 9.73. The van der Waals surface area contributed by atoms with E-state index in [1.807, 2.05) is 13.8 Å². The molecule has 1 aliphatic heterocycles. The summed E-state index contributed by atoms with van der Waals surface area (Å²) in [5, 5.41) is 16.2. The van der Waals surface area contributed by atoms with Crippen molar-refractivity contribution >= 4 is 23.8 Å². The van der Waals surface area contributed by atoms with Gasteiger partial charge in [0.25, 0.3) is 0 Å². The van der Waals surface area contributed by atoms with Crippen molar-refractivity contribution in [2.24, 2.45) is 5.92 Å². The summed E-state index contributed by atoms with van der Waals surface area (Å²) >= 11 is 0. The Balaban J connectivity index is 2.43. The van der Waals surface area contributed by atoms with Gasteiger partial charge in [0, 0.05) is 13.1 Å². The molecule has 3 N–H and O–H groups in total. The number of halogens is 1. The van der Waals surface area contributed by atoms with Crippen LogP contribution in [0.2, 0.25) is 0 Å². The molecule has 0 bridgehead atoms. The molecular formula is C24H37FN4O5. The Kier molecular flexibility index (Phi) is 9.81. The van der Waals surface area contributed by atoms with Gasteiger partial charge in [0.1, 0.15) is 11.4 Å². The summed E-state index contributed by atoms with van der Waals surface area (Å²) in [5.74, 6) is -0.499. The monoisotopic (exact) mass is 480 g/mol. The number of para-hydroxylation sites is 1. The van der Waals surface area contributed by atoms with Crippen LogP contribution in [-0.4, -0.2) is 70.4 Å². The normalized spacial score (nSPS) is 18.7. The number of carbonyl (C=O) groups is 3. The zero-order valence-electron chi connectivity index (χ0n) is 20.6. The van der Waals surface area contributed by atoms with Crippen LogP contribution >= 0.6 is 0 Å². The molecule has 0 saturated carbocycles. The molecule has 5 amide bonds. The number of hydrogen-bond acceptors (Lipinski definition) is 6. The summed E-state index contributed by atoms with van der Waals surface area (Å²) in [6.07, 6.45) is -0.553. The van der Waals surface area contributed by atoms with Crippen LogP contribution in [0.5, 0.6) is 0 Å². The van der Waals surface area contributed by atoms with Gasteiger partial charge < -0.3 is 20.5 Å². The molecule has 2 rings (SSSR count). The average Bonchev–Trinajstić information content (AvgIpc) is 2.93. The Labute approximate surface area is 200 Å². The average molecular weight is 481 g/mol. The van der Waals surface area contributed by atoms with E-state index in [1.54, 1.807) is 26.8 Å². The molecule has 9 nitrogen and oxygen atoms in total. The fourth-order valence-corrected chi connectivity index (χ4v) is 3.53. The lowest BCUT2D eigenvalue weighted by molar-refractivity contribution is 0.0240. The minimum atomic E-state index is -1.07.